The average molecular weight is 425 g/mol. The molecule has 4 atom stereocenters. The zero-order valence-electron chi connectivity index (χ0n) is 17.3. The maximum Gasteiger partial charge on any atom is 0.326 e. The van der Waals surface area contributed by atoms with Crippen molar-refractivity contribution < 1.29 is 19.5 Å². The Kier molecular flexibility index (Phi) is 10.3. The Labute approximate surface area is 175 Å². The monoisotopic (exact) mass is 424 g/mol. The van der Waals surface area contributed by atoms with Crippen LogP contribution in [0.2, 0.25) is 0 Å². The maximum atomic E-state index is 12.8. The number of carbonyl (C=O) groups excluding carboxylic acids is 2. The van der Waals surface area contributed by atoms with Crippen LogP contribution in [-0.4, -0.2) is 63.5 Å². The highest BCUT2D eigenvalue weighted by Gasteiger charge is 2.30. The standard InChI is InChI=1S/C18H32N8O4/c1-3-10(2)14(17(29)30)26-16(28)13(5-4-6-23-18(20)21)25-15(27)12(19)7-11-8-22-9-24-11/h8-10,12-14H,3-7,19H2,1-2H3,(H,22,24)(H,25,27)(H,26,28)(H,29,30)(H4,20,21,23). The molecule has 168 valence electrons. The summed E-state index contributed by atoms with van der Waals surface area (Å²) < 4.78 is 0. The summed E-state index contributed by atoms with van der Waals surface area (Å²) in [6.45, 7) is 3.82. The summed E-state index contributed by atoms with van der Waals surface area (Å²) in [5.41, 5.74) is 17.2. The van der Waals surface area contributed by atoms with Crippen molar-refractivity contribution in [3.63, 3.8) is 0 Å². The van der Waals surface area contributed by atoms with E-state index in [1.165, 1.54) is 6.33 Å². The second-order valence-corrected chi connectivity index (χ2v) is 7.11. The number of hydrogen-bond acceptors (Lipinski definition) is 6. The lowest BCUT2D eigenvalue weighted by molar-refractivity contribution is -0.143. The summed E-state index contributed by atoms with van der Waals surface area (Å²) in [5, 5.41) is 14.5. The molecule has 0 aliphatic carbocycles. The second kappa shape index (κ2) is 12.4. The van der Waals surface area contributed by atoms with E-state index in [4.69, 9.17) is 17.2 Å². The number of rotatable bonds is 13. The Morgan fingerprint density at radius 1 is 1.27 bits per heavy atom. The summed E-state index contributed by atoms with van der Waals surface area (Å²) in [5.74, 6) is -2.65. The number of hydrogen-bond donors (Lipinski definition) is 7. The molecule has 10 N–H and O–H groups in total. The van der Waals surface area contributed by atoms with Crippen LogP contribution in [0, 0.1) is 5.92 Å². The maximum absolute atomic E-state index is 12.8. The molecular formula is C18H32N8O4. The Morgan fingerprint density at radius 3 is 2.50 bits per heavy atom. The summed E-state index contributed by atoms with van der Waals surface area (Å²) in [6.07, 6.45) is 4.40. The van der Waals surface area contributed by atoms with Crippen LogP contribution in [-0.2, 0) is 20.8 Å². The van der Waals surface area contributed by atoms with Gasteiger partial charge in [-0.1, -0.05) is 20.3 Å². The molecule has 0 spiro atoms. The van der Waals surface area contributed by atoms with Gasteiger partial charge in [-0.3, -0.25) is 14.6 Å². The molecule has 0 bridgehead atoms. The van der Waals surface area contributed by atoms with Crippen LogP contribution in [0.3, 0.4) is 0 Å². The van der Waals surface area contributed by atoms with Crippen molar-refractivity contribution in [3.05, 3.63) is 18.2 Å². The number of aliphatic carboxylic acids is 1. The van der Waals surface area contributed by atoms with E-state index in [9.17, 15) is 19.5 Å². The highest BCUT2D eigenvalue weighted by atomic mass is 16.4. The third-order valence-corrected chi connectivity index (χ3v) is 4.69. The Balaban J connectivity index is 2.83. The van der Waals surface area contributed by atoms with Crippen LogP contribution >= 0.6 is 0 Å². The molecular weight excluding hydrogens is 392 g/mol. The number of carboxylic acid groups (broad SMARTS) is 1. The number of carboxylic acids is 1. The van der Waals surface area contributed by atoms with Crippen LogP contribution in [0.15, 0.2) is 17.5 Å². The van der Waals surface area contributed by atoms with E-state index in [1.807, 2.05) is 6.92 Å². The number of aromatic nitrogens is 2. The van der Waals surface area contributed by atoms with E-state index in [2.05, 4.69) is 25.6 Å². The lowest BCUT2D eigenvalue weighted by Crippen LogP contribution is -2.55. The predicted octanol–water partition coefficient (Wildman–Crippen LogP) is -1.57. The lowest BCUT2D eigenvalue weighted by Gasteiger charge is -2.25. The van der Waals surface area contributed by atoms with Gasteiger partial charge < -0.3 is 37.9 Å². The number of nitrogens with zero attached hydrogens (tertiary/aromatic N) is 2. The van der Waals surface area contributed by atoms with E-state index in [0.717, 1.165) is 0 Å². The van der Waals surface area contributed by atoms with Gasteiger partial charge in [-0.2, -0.15) is 0 Å². The molecule has 0 aliphatic rings. The van der Waals surface area contributed by atoms with Crippen molar-refractivity contribution in [1.82, 2.24) is 20.6 Å². The van der Waals surface area contributed by atoms with E-state index < -0.39 is 35.9 Å². The number of aromatic amines is 1. The van der Waals surface area contributed by atoms with Gasteiger partial charge in [0.2, 0.25) is 11.8 Å². The highest BCUT2D eigenvalue weighted by Crippen LogP contribution is 2.09. The summed E-state index contributed by atoms with van der Waals surface area (Å²) in [6, 6.07) is -2.97. The fourth-order valence-corrected chi connectivity index (χ4v) is 2.71. The molecule has 12 nitrogen and oxygen atoms in total. The van der Waals surface area contributed by atoms with Gasteiger partial charge in [0.15, 0.2) is 5.96 Å². The zero-order chi connectivity index (χ0) is 22.7. The van der Waals surface area contributed by atoms with Crippen molar-refractivity contribution in [2.75, 3.05) is 6.54 Å². The Bertz CT molecular complexity index is 718. The third kappa shape index (κ3) is 8.47. The molecule has 1 heterocycles. The minimum atomic E-state index is -1.14. The van der Waals surface area contributed by atoms with Crippen LogP contribution in [0.4, 0.5) is 0 Å². The topological polar surface area (TPSA) is 215 Å². The van der Waals surface area contributed by atoms with E-state index in [1.54, 1.807) is 13.1 Å². The molecule has 1 rings (SSSR count). The van der Waals surface area contributed by atoms with Gasteiger partial charge in [0.25, 0.3) is 0 Å². The van der Waals surface area contributed by atoms with Gasteiger partial charge in [-0.05, 0) is 18.8 Å². The van der Waals surface area contributed by atoms with Gasteiger partial charge in [-0.15, -0.1) is 0 Å². The first kappa shape index (κ1) is 24.9. The molecule has 0 saturated carbocycles. The summed E-state index contributed by atoms with van der Waals surface area (Å²) in [4.78, 5) is 47.3. The minimum Gasteiger partial charge on any atom is -0.480 e. The number of imidazole rings is 1. The number of guanidine groups is 1. The quantitative estimate of drug-likeness (QED) is 0.111. The van der Waals surface area contributed by atoms with Gasteiger partial charge >= 0.3 is 5.97 Å². The molecule has 1 aromatic heterocycles. The van der Waals surface area contributed by atoms with Gasteiger partial charge in [0, 0.05) is 24.9 Å². The van der Waals surface area contributed by atoms with Crippen molar-refractivity contribution in [3.8, 4) is 0 Å². The number of carbonyl (C=O) groups is 3. The molecule has 1 aromatic rings. The van der Waals surface area contributed by atoms with Crippen LogP contribution in [0.1, 0.15) is 38.8 Å². The number of amides is 2. The van der Waals surface area contributed by atoms with E-state index in [0.29, 0.717) is 18.5 Å². The smallest absolute Gasteiger partial charge is 0.326 e. The SMILES string of the molecule is CCC(C)C(NC(=O)C(CCCN=C(N)N)NC(=O)C(N)Cc1cnc[nH]1)C(=O)O. The fourth-order valence-electron chi connectivity index (χ4n) is 2.71. The summed E-state index contributed by atoms with van der Waals surface area (Å²) in [7, 11) is 0. The van der Waals surface area contributed by atoms with Crippen molar-refractivity contribution in [2.24, 2.45) is 28.1 Å². The normalized spacial score (nSPS) is 14.8. The molecule has 0 aromatic carbocycles. The highest BCUT2D eigenvalue weighted by molar-refractivity contribution is 5.91. The largest absolute Gasteiger partial charge is 0.480 e. The van der Waals surface area contributed by atoms with Gasteiger partial charge in [-0.25, -0.2) is 9.78 Å². The Hall–Kier alpha value is -3.15. The molecule has 30 heavy (non-hydrogen) atoms. The van der Waals surface area contributed by atoms with Crippen LogP contribution < -0.4 is 27.8 Å². The first-order chi connectivity index (χ1) is 14.1. The van der Waals surface area contributed by atoms with Crippen molar-refractivity contribution in [1.29, 1.82) is 0 Å². The van der Waals surface area contributed by atoms with E-state index in [-0.39, 0.29) is 31.3 Å². The van der Waals surface area contributed by atoms with E-state index >= 15 is 0 Å². The zero-order valence-corrected chi connectivity index (χ0v) is 17.3. The third-order valence-electron chi connectivity index (χ3n) is 4.69. The predicted molar refractivity (Wildman–Crippen MR) is 111 cm³/mol. The number of aliphatic imine (C=N–C) groups is 1. The van der Waals surface area contributed by atoms with Crippen LogP contribution in [0.25, 0.3) is 0 Å². The molecule has 4 unspecified atom stereocenters. The molecule has 12 heteroatoms. The first-order valence-corrected chi connectivity index (χ1v) is 9.77. The van der Waals surface area contributed by atoms with Crippen molar-refractivity contribution in [2.45, 2.75) is 57.7 Å². The van der Waals surface area contributed by atoms with Gasteiger partial charge in [0.05, 0.1) is 12.4 Å². The number of nitrogens with one attached hydrogen (secondary N) is 3. The molecule has 0 aliphatic heterocycles. The average Bonchev–Trinajstić information content (AvgIpc) is 3.19. The fraction of sp³-hybridized carbons (Fsp3) is 0.611. The number of H-pyrrole nitrogens is 1. The Morgan fingerprint density at radius 2 is 1.97 bits per heavy atom. The molecule has 0 fully saturated rings. The van der Waals surface area contributed by atoms with Crippen molar-refractivity contribution >= 4 is 23.7 Å². The molecule has 0 saturated heterocycles. The lowest BCUT2D eigenvalue weighted by atomic mass is 9.98. The summed E-state index contributed by atoms with van der Waals surface area (Å²) >= 11 is 0. The number of nitrogens with two attached hydrogens (primary N) is 3. The first-order valence-electron chi connectivity index (χ1n) is 9.77. The molecule has 2 amide bonds. The second-order valence-electron chi connectivity index (χ2n) is 7.11. The molecule has 0 radical (unpaired) electrons. The van der Waals surface area contributed by atoms with Gasteiger partial charge in [0.1, 0.15) is 12.1 Å². The van der Waals surface area contributed by atoms with Crippen LogP contribution in [0.5, 0.6) is 0 Å². The minimum absolute atomic E-state index is 0.0793.